The number of hydrogen-bond acceptors (Lipinski definition) is 4. The van der Waals surface area contributed by atoms with Gasteiger partial charge in [-0.1, -0.05) is 13.3 Å². The summed E-state index contributed by atoms with van der Waals surface area (Å²) < 4.78 is 20.5. The van der Waals surface area contributed by atoms with Gasteiger partial charge in [-0.05, 0) is 20.3 Å². The third kappa shape index (κ3) is 9.29. The zero-order valence-corrected chi connectivity index (χ0v) is 12.7. The predicted octanol–water partition coefficient (Wildman–Crippen LogP) is 2.71. The van der Waals surface area contributed by atoms with Crippen LogP contribution in [0.1, 0.15) is 33.6 Å². The van der Waals surface area contributed by atoms with Crippen LogP contribution < -0.4 is 0 Å². The van der Waals surface area contributed by atoms with Crippen LogP contribution in [-0.2, 0) is 18.0 Å². The Bertz CT molecular complexity index is 119. The molecule has 0 bridgehead atoms. The lowest BCUT2D eigenvalue weighted by Crippen LogP contribution is -2.42. The molecule has 0 heterocycles. The highest BCUT2D eigenvalue weighted by molar-refractivity contribution is 6.60. The molecule has 0 aromatic heterocycles. The molecule has 4 nitrogen and oxygen atoms in total. The molecule has 0 aliphatic carbocycles. The highest BCUT2D eigenvalue weighted by atomic mass is 28.4. The van der Waals surface area contributed by atoms with Gasteiger partial charge < -0.3 is 18.0 Å². The second kappa shape index (κ2) is 13.1. The number of rotatable bonds is 8. The largest absolute Gasteiger partial charge is 0.500 e. The molecule has 5 heteroatoms. The Hall–Kier alpha value is 0.0569. The fourth-order valence-corrected chi connectivity index (χ4v) is 3.05. The van der Waals surface area contributed by atoms with E-state index in [0.29, 0.717) is 0 Å². The van der Waals surface area contributed by atoms with Crippen molar-refractivity contribution in [3.63, 3.8) is 0 Å². The Morgan fingerprint density at radius 3 is 1.44 bits per heavy atom. The molecule has 0 saturated heterocycles. The first-order valence-electron chi connectivity index (χ1n) is 5.89. The quantitative estimate of drug-likeness (QED) is 0.622. The molecule has 0 rings (SSSR count). The summed E-state index contributed by atoms with van der Waals surface area (Å²) in [6.07, 6.45) is 2.24. The molecule has 0 saturated carbocycles. The third-order valence-corrected chi connectivity index (χ3v) is 5.01. The molecule has 0 radical (unpaired) electrons. The Labute approximate surface area is 102 Å². The number of unbranched alkanes of at least 4 members (excludes halogenated alkanes) is 1. The smallest absolute Gasteiger partial charge is 0.382 e. The summed E-state index contributed by atoms with van der Waals surface area (Å²) in [5, 5.41) is 0. The maximum absolute atomic E-state index is 5.23. The molecule has 0 N–H and O–H groups in total. The molecule has 0 aromatic carbocycles. The van der Waals surface area contributed by atoms with Crippen LogP contribution in [0.5, 0.6) is 0 Å². The Kier molecular flexibility index (Phi) is 15.1. The van der Waals surface area contributed by atoms with Gasteiger partial charge in [0, 0.05) is 40.6 Å². The van der Waals surface area contributed by atoms with Gasteiger partial charge in [0.1, 0.15) is 0 Å². The lowest BCUT2D eigenvalue weighted by Gasteiger charge is -2.23. The molecule has 0 amide bonds. The van der Waals surface area contributed by atoms with E-state index < -0.39 is 8.80 Å². The second-order valence-electron chi connectivity index (χ2n) is 3.18. The van der Waals surface area contributed by atoms with Crippen molar-refractivity contribution in [1.82, 2.24) is 0 Å². The molecule has 0 fully saturated rings. The van der Waals surface area contributed by atoms with Gasteiger partial charge in [-0.3, -0.25) is 0 Å². The average Bonchev–Trinajstić information content (AvgIpc) is 2.34. The van der Waals surface area contributed by atoms with Crippen molar-refractivity contribution < 1.29 is 18.0 Å². The van der Waals surface area contributed by atoms with Crippen molar-refractivity contribution >= 4 is 8.80 Å². The monoisotopic (exact) mass is 252 g/mol. The van der Waals surface area contributed by atoms with Gasteiger partial charge in [-0.2, -0.15) is 0 Å². The molecule has 0 unspecified atom stereocenters. The van der Waals surface area contributed by atoms with Crippen LogP contribution in [-0.4, -0.2) is 43.3 Å². The Morgan fingerprint density at radius 2 is 1.25 bits per heavy atom. The lowest BCUT2D eigenvalue weighted by atomic mass is 10.4. The van der Waals surface area contributed by atoms with Crippen LogP contribution in [0.25, 0.3) is 0 Å². The van der Waals surface area contributed by atoms with Crippen molar-refractivity contribution in [1.29, 1.82) is 0 Å². The lowest BCUT2D eigenvalue weighted by molar-refractivity contribution is 0.123. The Morgan fingerprint density at radius 1 is 0.812 bits per heavy atom. The van der Waals surface area contributed by atoms with E-state index >= 15 is 0 Å². The van der Waals surface area contributed by atoms with Crippen molar-refractivity contribution in [2.75, 3.05) is 34.5 Å². The van der Waals surface area contributed by atoms with Crippen molar-refractivity contribution in [2.45, 2.75) is 39.7 Å². The van der Waals surface area contributed by atoms with Crippen LogP contribution >= 0.6 is 0 Å². The summed E-state index contributed by atoms with van der Waals surface area (Å²) in [4.78, 5) is 0. The second-order valence-corrected chi connectivity index (χ2v) is 6.27. The molecule has 0 aliphatic rings. The van der Waals surface area contributed by atoms with Gasteiger partial charge >= 0.3 is 8.80 Å². The van der Waals surface area contributed by atoms with Crippen LogP contribution in [0.15, 0.2) is 0 Å². The molecule has 16 heavy (non-hydrogen) atoms. The summed E-state index contributed by atoms with van der Waals surface area (Å²) in [6.45, 7) is 7.81. The van der Waals surface area contributed by atoms with Gasteiger partial charge in [0.05, 0.1) is 0 Å². The molecule has 0 atom stereocenters. The fourth-order valence-electron chi connectivity index (χ4n) is 1.15. The zero-order chi connectivity index (χ0) is 12.9. The van der Waals surface area contributed by atoms with Crippen molar-refractivity contribution in [3.8, 4) is 0 Å². The predicted molar refractivity (Wildman–Crippen MR) is 68.7 cm³/mol. The molecule has 100 valence electrons. The van der Waals surface area contributed by atoms with Gasteiger partial charge in [0.25, 0.3) is 0 Å². The van der Waals surface area contributed by atoms with E-state index in [-0.39, 0.29) is 0 Å². The number of hydrogen-bond donors (Lipinski definition) is 0. The standard InChI is InChI=1S/C7H18O3Si.C4H10O/c1-5-6-7-11(8-2,9-3)10-4;1-3-5-4-2/h5-7H2,1-4H3;3-4H2,1-2H3. The van der Waals surface area contributed by atoms with Gasteiger partial charge in [-0.25, -0.2) is 0 Å². The SMILES string of the molecule is CCCC[Si](OC)(OC)OC.CCOCC. The fraction of sp³-hybridized carbons (Fsp3) is 1.00. The minimum atomic E-state index is -2.24. The Balaban J connectivity index is 0. The minimum absolute atomic E-state index is 0.844. The van der Waals surface area contributed by atoms with Crippen LogP contribution in [0.4, 0.5) is 0 Å². The third-order valence-electron chi connectivity index (χ3n) is 2.18. The highest BCUT2D eigenvalue weighted by Crippen LogP contribution is 2.15. The normalized spacial score (nSPS) is 10.9. The minimum Gasteiger partial charge on any atom is -0.382 e. The average molecular weight is 252 g/mol. The van der Waals surface area contributed by atoms with E-state index in [1.54, 1.807) is 21.3 Å². The highest BCUT2D eigenvalue weighted by Gasteiger charge is 2.36. The maximum atomic E-state index is 5.23. The summed E-state index contributed by atoms with van der Waals surface area (Å²) in [6, 6.07) is 0.910. The first-order chi connectivity index (χ1) is 7.66. The van der Waals surface area contributed by atoms with Gasteiger partial charge in [-0.15, -0.1) is 0 Å². The van der Waals surface area contributed by atoms with E-state index in [4.69, 9.17) is 18.0 Å². The molecular weight excluding hydrogens is 224 g/mol. The summed E-state index contributed by atoms with van der Waals surface area (Å²) in [7, 11) is 2.70. The number of ether oxygens (including phenoxy) is 1. The first kappa shape index (κ1) is 18.4. The van der Waals surface area contributed by atoms with Crippen LogP contribution in [0.2, 0.25) is 6.04 Å². The topological polar surface area (TPSA) is 36.9 Å². The van der Waals surface area contributed by atoms with Crippen molar-refractivity contribution in [2.24, 2.45) is 0 Å². The maximum Gasteiger partial charge on any atom is 0.500 e. The summed E-state index contributed by atoms with van der Waals surface area (Å²) >= 11 is 0. The van der Waals surface area contributed by atoms with Crippen molar-refractivity contribution in [3.05, 3.63) is 0 Å². The summed E-state index contributed by atoms with van der Waals surface area (Å²) in [5.41, 5.74) is 0. The van der Waals surface area contributed by atoms with Gasteiger partial charge in [0.15, 0.2) is 0 Å². The summed E-state index contributed by atoms with van der Waals surface area (Å²) in [5.74, 6) is 0. The van der Waals surface area contributed by atoms with E-state index in [9.17, 15) is 0 Å². The first-order valence-corrected chi connectivity index (χ1v) is 7.82. The molecule has 0 aromatic rings. The van der Waals surface area contributed by atoms with Crippen LogP contribution in [0, 0.1) is 0 Å². The van der Waals surface area contributed by atoms with Gasteiger partial charge in [0.2, 0.25) is 0 Å². The van der Waals surface area contributed by atoms with E-state index in [2.05, 4.69) is 6.92 Å². The molecule has 0 spiro atoms. The van der Waals surface area contributed by atoms with E-state index in [1.807, 2.05) is 13.8 Å². The zero-order valence-electron chi connectivity index (χ0n) is 11.7. The molecule has 0 aliphatic heterocycles. The van der Waals surface area contributed by atoms with E-state index in [1.165, 1.54) is 0 Å². The molecular formula is C11H28O4Si. The van der Waals surface area contributed by atoms with E-state index in [0.717, 1.165) is 32.1 Å². The van der Waals surface area contributed by atoms with Crippen LogP contribution in [0.3, 0.4) is 0 Å².